The van der Waals surface area contributed by atoms with Crippen LogP contribution >= 0.6 is 0 Å². The molecule has 0 unspecified atom stereocenters. The van der Waals surface area contributed by atoms with Crippen LogP contribution in [-0.4, -0.2) is 74.2 Å². The van der Waals surface area contributed by atoms with Crippen molar-refractivity contribution in [1.29, 1.82) is 0 Å². The summed E-state index contributed by atoms with van der Waals surface area (Å²) < 4.78 is 15.6. The van der Waals surface area contributed by atoms with Crippen molar-refractivity contribution in [2.75, 3.05) is 52.8 Å². The Morgan fingerprint density at radius 2 is 1.61 bits per heavy atom. The van der Waals surface area contributed by atoms with E-state index in [2.05, 4.69) is 5.32 Å². The van der Waals surface area contributed by atoms with Crippen molar-refractivity contribution >= 4 is 23.3 Å². The van der Waals surface area contributed by atoms with E-state index in [1.54, 1.807) is 11.0 Å². The third-order valence-electron chi connectivity index (χ3n) is 5.34. The van der Waals surface area contributed by atoms with Crippen LogP contribution in [0.25, 0.3) is 0 Å². The van der Waals surface area contributed by atoms with Gasteiger partial charge >= 0.3 is 11.7 Å². The fourth-order valence-electron chi connectivity index (χ4n) is 3.69. The number of benzene rings is 2. The lowest BCUT2D eigenvalue weighted by Gasteiger charge is -2.34. The Hall–Kier alpha value is -4.02. The van der Waals surface area contributed by atoms with E-state index in [-0.39, 0.29) is 55.0 Å². The number of hydrogen-bond donors (Lipinski definition) is 1. The molecule has 0 saturated carbocycles. The first-order valence-electron chi connectivity index (χ1n) is 10.2. The summed E-state index contributed by atoms with van der Waals surface area (Å²) in [6, 6.07) is 8.45. The highest BCUT2D eigenvalue weighted by Gasteiger charge is 2.35. The number of aryl methyl sites for hydroxylation is 1. The van der Waals surface area contributed by atoms with E-state index in [9.17, 15) is 19.7 Å². The molecule has 0 aromatic heterocycles. The lowest BCUT2D eigenvalue weighted by molar-refractivity contribution is -0.386. The van der Waals surface area contributed by atoms with Gasteiger partial charge < -0.3 is 29.3 Å². The summed E-state index contributed by atoms with van der Waals surface area (Å²) in [6.07, 6.45) is 0. The first-order chi connectivity index (χ1) is 15.8. The number of nitrogens with zero attached hydrogens (tertiary/aromatic N) is 3. The molecule has 11 nitrogen and oxygen atoms in total. The Morgan fingerprint density at radius 3 is 2.15 bits per heavy atom. The number of nitro groups is 1. The van der Waals surface area contributed by atoms with Gasteiger partial charge in [-0.1, -0.05) is 12.1 Å². The third kappa shape index (κ3) is 4.92. The number of nitrogens with one attached hydrogen (secondary N) is 1. The molecule has 176 valence electrons. The predicted octanol–water partition coefficient (Wildman–Crippen LogP) is 2.92. The molecule has 1 aliphatic heterocycles. The smallest absolute Gasteiger partial charge is 0.327 e. The van der Waals surface area contributed by atoms with Crippen molar-refractivity contribution in [3.63, 3.8) is 0 Å². The summed E-state index contributed by atoms with van der Waals surface area (Å²) in [4.78, 5) is 40.0. The van der Waals surface area contributed by atoms with Crippen molar-refractivity contribution in [3.8, 4) is 17.2 Å². The molecule has 2 aromatic carbocycles. The van der Waals surface area contributed by atoms with Crippen LogP contribution in [0.2, 0.25) is 0 Å². The third-order valence-corrected chi connectivity index (χ3v) is 5.34. The molecule has 1 N–H and O–H groups in total. The SMILES string of the molecule is COc1cc(C(=O)N2CCN(C(=O)Nc3cccc(C)c3)CC2)c([N+](=O)[O-])c(OC)c1OC. The van der Waals surface area contributed by atoms with Crippen LogP contribution in [0, 0.1) is 17.0 Å². The Labute approximate surface area is 191 Å². The van der Waals surface area contributed by atoms with Gasteiger partial charge in [0.25, 0.3) is 5.91 Å². The molecular formula is C22H26N4O7. The van der Waals surface area contributed by atoms with E-state index in [0.717, 1.165) is 5.56 Å². The quantitative estimate of drug-likeness (QED) is 0.521. The molecule has 11 heteroatoms. The Bertz CT molecular complexity index is 1060. The van der Waals surface area contributed by atoms with Crippen molar-refractivity contribution in [2.24, 2.45) is 0 Å². The van der Waals surface area contributed by atoms with Gasteiger partial charge in [0.05, 0.1) is 26.3 Å². The van der Waals surface area contributed by atoms with Gasteiger partial charge in [0.2, 0.25) is 11.5 Å². The predicted molar refractivity (Wildman–Crippen MR) is 120 cm³/mol. The van der Waals surface area contributed by atoms with Crippen LogP contribution < -0.4 is 19.5 Å². The van der Waals surface area contributed by atoms with Crippen molar-refractivity contribution in [2.45, 2.75) is 6.92 Å². The van der Waals surface area contributed by atoms with Crippen molar-refractivity contribution in [1.82, 2.24) is 9.80 Å². The van der Waals surface area contributed by atoms with Crippen molar-refractivity contribution in [3.05, 3.63) is 51.6 Å². The minimum absolute atomic E-state index is 0.0286. The number of urea groups is 1. The number of hydrogen-bond acceptors (Lipinski definition) is 7. The summed E-state index contributed by atoms with van der Waals surface area (Å²) in [7, 11) is 3.94. The summed E-state index contributed by atoms with van der Waals surface area (Å²) in [5, 5.41) is 14.6. The molecule has 1 heterocycles. The van der Waals surface area contributed by atoms with Crippen molar-refractivity contribution < 1.29 is 28.7 Å². The lowest BCUT2D eigenvalue weighted by atomic mass is 10.1. The zero-order valence-corrected chi connectivity index (χ0v) is 18.9. The second-order valence-corrected chi connectivity index (χ2v) is 7.38. The molecule has 0 atom stereocenters. The van der Waals surface area contributed by atoms with E-state index in [1.807, 2.05) is 25.1 Å². The second-order valence-electron chi connectivity index (χ2n) is 7.38. The first-order valence-corrected chi connectivity index (χ1v) is 10.2. The minimum Gasteiger partial charge on any atom is -0.493 e. The van der Waals surface area contributed by atoms with E-state index in [4.69, 9.17) is 14.2 Å². The molecule has 0 aliphatic carbocycles. The molecule has 3 rings (SSSR count). The average Bonchev–Trinajstić information content (AvgIpc) is 2.81. The summed E-state index contributed by atoms with van der Waals surface area (Å²) >= 11 is 0. The van der Waals surface area contributed by atoms with Crippen LogP contribution in [0.4, 0.5) is 16.2 Å². The van der Waals surface area contributed by atoms with Crippen LogP contribution in [0.3, 0.4) is 0 Å². The van der Waals surface area contributed by atoms with E-state index >= 15 is 0 Å². The fraction of sp³-hybridized carbons (Fsp3) is 0.364. The maximum absolute atomic E-state index is 13.2. The molecule has 0 bridgehead atoms. The Balaban J connectivity index is 1.77. The number of carbonyl (C=O) groups excluding carboxylic acids is 2. The standard InChI is InChI=1S/C22H26N4O7/c1-14-6-5-7-15(12-14)23-22(28)25-10-8-24(9-11-25)21(27)16-13-17(31-2)19(32-3)20(33-4)18(16)26(29)30/h5-7,12-13H,8-11H2,1-4H3,(H,23,28). The fourth-order valence-corrected chi connectivity index (χ4v) is 3.69. The number of carbonyl (C=O) groups is 2. The number of ether oxygens (including phenoxy) is 3. The highest BCUT2D eigenvalue weighted by molar-refractivity contribution is 6.01. The molecule has 2 aromatic rings. The van der Waals surface area contributed by atoms with Gasteiger partial charge in [0, 0.05) is 37.9 Å². The number of nitro benzene ring substituents is 1. The number of anilines is 1. The van der Waals surface area contributed by atoms with E-state index in [0.29, 0.717) is 5.69 Å². The lowest BCUT2D eigenvalue weighted by Crippen LogP contribution is -2.51. The number of rotatable bonds is 6. The molecule has 1 saturated heterocycles. The van der Waals surface area contributed by atoms with Crippen LogP contribution in [0.5, 0.6) is 17.2 Å². The summed E-state index contributed by atoms with van der Waals surface area (Å²) in [6.45, 7) is 2.92. The molecule has 1 aliphatic rings. The van der Waals surface area contributed by atoms with Gasteiger partial charge in [-0.05, 0) is 24.6 Å². The van der Waals surface area contributed by atoms with E-state index < -0.39 is 16.5 Å². The minimum atomic E-state index is -0.681. The van der Waals surface area contributed by atoms with Gasteiger partial charge in [-0.25, -0.2) is 4.79 Å². The monoisotopic (exact) mass is 458 g/mol. The average molecular weight is 458 g/mol. The topological polar surface area (TPSA) is 123 Å². The number of methoxy groups -OCH3 is 3. The number of amides is 3. The van der Waals surface area contributed by atoms with Crippen LogP contribution in [0.15, 0.2) is 30.3 Å². The first kappa shape index (κ1) is 23.6. The normalized spacial score (nSPS) is 13.3. The molecular weight excluding hydrogens is 432 g/mol. The van der Waals surface area contributed by atoms with Gasteiger partial charge in [-0.2, -0.15) is 0 Å². The highest BCUT2D eigenvalue weighted by atomic mass is 16.6. The highest BCUT2D eigenvalue weighted by Crippen LogP contribution is 2.46. The number of piperazine rings is 1. The largest absolute Gasteiger partial charge is 0.493 e. The summed E-state index contributed by atoms with van der Waals surface area (Å²) in [5.41, 5.74) is 1.04. The zero-order chi connectivity index (χ0) is 24.1. The Morgan fingerprint density at radius 1 is 0.970 bits per heavy atom. The van der Waals surface area contributed by atoms with Gasteiger partial charge in [0.15, 0.2) is 5.75 Å². The van der Waals surface area contributed by atoms with E-state index in [1.165, 1.54) is 32.3 Å². The zero-order valence-electron chi connectivity index (χ0n) is 18.9. The molecule has 0 radical (unpaired) electrons. The molecule has 1 fully saturated rings. The van der Waals surface area contributed by atoms with Gasteiger partial charge in [-0.15, -0.1) is 0 Å². The van der Waals surface area contributed by atoms with Crippen LogP contribution in [0.1, 0.15) is 15.9 Å². The second kappa shape index (κ2) is 10.1. The Kier molecular flexibility index (Phi) is 7.21. The molecule has 0 spiro atoms. The molecule has 3 amide bonds. The van der Waals surface area contributed by atoms with Crippen LogP contribution in [-0.2, 0) is 0 Å². The van der Waals surface area contributed by atoms with Gasteiger partial charge in [0.1, 0.15) is 5.56 Å². The summed E-state index contributed by atoms with van der Waals surface area (Å²) in [5.74, 6) is -0.582. The maximum atomic E-state index is 13.2. The van der Waals surface area contributed by atoms with Gasteiger partial charge in [-0.3, -0.25) is 14.9 Å². The molecule has 33 heavy (non-hydrogen) atoms. The maximum Gasteiger partial charge on any atom is 0.327 e.